The molecule has 5 aromatic rings. The first-order chi connectivity index (χ1) is 18.6. The molecule has 0 atom stereocenters. The van der Waals surface area contributed by atoms with Gasteiger partial charge in [0, 0.05) is 28.9 Å². The summed E-state index contributed by atoms with van der Waals surface area (Å²) in [6.07, 6.45) is 2.95. The van der Waals surface area contributed by atoms with Crippen molar-refractivity contribution in [3.8, 4) is 5.75 Å². The number of pyridine rings is 1. The Bertz CT molecular complexity index is 1530. The number of esters is 1. The van der Waals surface area contributed by atoms with Gasteiger partial charge < -0.3 is 20.1 Å². The van der Waals surface area contributed by atoms with Gasteiger partial charge >= 0.3 is 12.0 Å². The number of urea groups is 1. The van der Waals surface area contributed by atoms with Crippen molar-refractivity contribution in [1.82, 2.24) is 4.98 Å². The first-order valence-corrected chi connectivity index (χ1v) is 12.0. The summed E-state index contributed by atoms with van der Waals surface area (Å²) in [7, 11) is 1.31. The third-order valence-electron chi connectivity index (χ3n) is 6.02. The predicted molar refractivity (Wildman–Crippen MR) is 148 cm³/mol. The Morgan fingerprint density at radius 3 is 2.18 bits per heavy atom. The fraction of sp³-hybridized carbons (Fsp3) is 0.0645. The Morgan fingerprint density at radius 1 is 0.789 bits per heavy atom. The average molecular weight is 504 g/mol. The number of benzene rings is 4. The van der Waals surface area contributed by atoms with Crippen LogP contribution in [0.1, 0.15) is 27.6 Å². The van der Waals surface area contributed by atoms with Gasteiger partial charge in [0.05, 0.1) is 12.8 Å². The number of nitrogens with one attached hydrogen (secondary N) is 2. The van der Waals surface area contributed by atoms with Crippen molar-refractivity contribution in [3.05, 3.63) is 132 Å². The summed E-state index contributed by atoms with van der Waals surface area (Å²) in [6.45, 7) is 0. The molecule has 0 aliphatic carbocycles. The number of nitrogens with zero attached hydrogens (tertiary/aromatic N) is 1. The molecule has 0 spiro atoms. The molecule has 7 nitrogen and oxygen atoms in total. The van der Waals surface area contributed by atoms with Gasteiger partial charge in [-0.2, -0.15) is 0 Å². The zero-order valence-electron chi connectivity index (χ0n) is 20.6. The van der Waals surface area contributed by atoms with Crippen molar-refractivity contribution in [2.24, 2.45) is 0 Å². The number of carbonyl (C=O) groups is 2. The second-order valence-electron chi connectivity index (χ2n) is 8.50. The maximum absolute atomic E-state index is 12.8. The van der Waals surface area contributed by atoms with Crippen molar-refractivity contribution in [2.75, 3.05) is 17.7 Å². The highest BCUT2D eigenvalue weighted by molar-refractivity contribution is 6.06. The molecule has 2 amide bonds. The number of fused-ring (bicyclic) bond motifs is 1. The zero-order valence-corrected chi connectivity index (χ0v) is 20.6. The summed E-state index contributed by atoms with van der Waals surface area (Å²) in [6, 6.07) is 31.4. The van der Waals surface area contributed by atoms with Gasteiger partial charge in [-0.1, -0.05) is 72.8 Å². The molecule has 4 aromatic carbocycles. The van der Waals surface area contributed by atoms with Crippen molar-refractivity contribution < 1.29 is 19.1 Å². The van der Waals surface area contributed by atoms with Crippen LogP contribution in [0.15, 0.2) is 116 Å². The number of carbonyl (C=O) groups excluding carboxylic acids is 2. The van der Waals surface area contributed by atoms with E-state index < -0.39 is 18.1 Å². The van der Waals surface area contributed by atoms with Gasteiger partial charge in [0.2, 0.25) is 0 Å². The van der Waals surface area contributed by atoms with Gasteiger partial charge in [0.25, 0.3) is 0 Å². The lowest BCUT2D eigenvalue weighted by Crippen LogP contribution is -2.20. The van der Waals surface area contributed by atoms with Crippen molar-refractivity contribution in [1.29, 1.82) is 0 Å². The second kappa shape index (κ2) is 11.3. The summed E-state index contributed by atoms with van der Waals surface area (Å²) < 4.78 is 11.4. The topological polar surface area (TPSA) is 89.5 Å². The number of hydrogen-bond donors (Lipinski definition) is 2. The average Bonchev–Trinajstić information content (AvgIpc) is 2.97. The van der Waals surface area contributed by atoms with E-state index >= 15 is 0 Å². The third-order valence-corrected chi connectivity index (χ3v) is 6.02. The molecular formula is C31H25N3O4. The predicted octanol–water partition coefficient (Wildman–Crippen LogP) is 6.83. The molecule has 188 valence electrons. The van der Waals surface area contributed by atoms with Gasteiger partial charge in [0.1, 0.15) is 17.4 Å². The highest BCUT2D eigenvalue weighted by Gasteiger charge is 2.21. The molecule has 0 unspecified atom stereocenters. The van der Waals surface area contributed by atoms with E-state index in [0.29, 0.717) is 17.1 Å². The van der Waals surface area contributed by atoms with Gasteiger partial charge in [-0.05, 0) is 41.5 Å². The minimum atomic E-state index is -0.578. The molecular weight excluding hydrogens is 478 g/mol. The zero-order chi connectivity index (χ0) is 26.3. The molecule has 0 radical (unpaired) electrons. The molecule has 7 heteroatoms. The fourth-order valence-electron chi connectivity index (χ4n) is 4.21. The molecule has 1 heterocycles. The Kier molecular flexibility index (Phi) is 7.27. The lowest BCUT2D eigenvalue weighted by molar-refractivity contribution is 0.0594. The summed E-state index contributed by atoms with van der Waals surface area (Å²) in [5.41, 5.74) is 3.11. The smallest absolute Gasteiger partial charge is 0.341 e. The van der Waals surface area contributed by atoms with Crippen LogP contribution in [0.5, 0.6) is 5.75 Å². The van der Waals surface area contributed by atoms with Crippen LogP contribution in [0.25, 0.3) is 10.8 Å². The van der Waals surface area contributed by atoms with E-state index in [4.69, 9.17) is 9.47 Å². The van der Waals surface area contributed by atoms with Crippen LogP contribution in [0.4, 0.5) is 16.2 Å². The maximum Gasteiger partial charge on any atom is 0.341 e. The van der Waals surface area contributed by atoms with Gasteiger partial charge in [-0.25, -0.2) is 9.59 Å². The molecule has 38 heavy (non-hydrogen) atoms. The Hall–Kier alpha value is -5.17. The standard InChI is InChI=1S/C31H25N3O4/c1-37-30(35)26-19-24(33-31(36)34-27-14-8-13-23-20-32-18-17-25(23)27)15-16-28(26)38-29(21-9-4-2-5-10-21)22-11-6-3-7-12-22/h2-20,29H,1H3,(H2,33,34,36). The van der Waals surface area contributed by atoms with Gasteiger partial charge in [-0.3, -0.25) is 4.98 Å². The van der Waals surface area contributed by atoms with Crippen LogP contribution in [-0.2, 0) is 4.74 Å². The minimum absolute atomic E-state index is 0.193. The molecule has 0 aliphatic rings. The van der Waals surface area contributed by atoms with E-state index in [-0.39, 0.29) is 5.56 Å². The number of aromatic nitrogens is 1. The normalized spacial score (nSPS) is 10.7. The highest BCUT2D eigenvalue weighted by atomic mass is 16.5. The molecule has 0 saturated carbocycles. The van der Waals surface area contributed by atoms with Crippen LogP contribution in [-0.4, -0.2) is 24.1 Å². The molecule has 5 rings (SSSR count). The lowest BCUT2D eigenvalue weighted by Gasteiger charge is -2.22. The number of rotatable bonds is 7. The van der Waals surface area contributed by atoms with Crippen LogP contribution in [0.3, 0.4) is 0 Å². The highest BCUT2D eigenvalue weighted by Crippen LogP contribution is 2.32. The van der Waals surface area contributed by atoms with Crippen LogP contribution < -0.4 is 15.4 Å². The third kappa shape index (κ3) is 5.47. The number of methoxy groups -OCH3 is 1. The number of hydrogen-bond acceptors (Lipinski definition) is 5. The largest absolute Gasteiger partial charge is 0.480 e. The van der Waals surface area contributed by atoms with Crippen LogP contribution >= 0.6 is 0 Å². The first kappa shape index (κ1) is 24.5. The lowest BCUT2D eigenvalue weighted by atomic mass is 10.0. The molecule has 0 fully saturated rings. The Morgan fingerprint density at radius 2 is 1.50 bits per heavy atom. The van der Waals surface area contributed by atoms with E-state index in [1.165, 1.54) is 7.11 Å². The quantitative estimate of drug-likeness (QED) is 0.238. The SMILES string of the molecule is COC(=O)c1cc(NC(=O)Nc2cccc3cnccc23)ccc1OC(c1ccccc1)c1ccccc1. The van der Waals surface area contributed by atoms with Crippen molar-refractivity contribution in [2.45, 2.75) is 6.10 Å². The number of anilines is 2. The van der Waals surface area contributed by atoms with Crippen LogP contribution in [0, 0.1) is 0 Å². The van der Waals surface area contributed by atoms with E-state index in [2.05, 4.69) is 15.6 Å². The van der Waals surface area contributed by atoms with Crippen molar-refractivity contribution in [3.63, 3.8) is 0 Å². The molecule has 0 bridgehead atoms. The van der Waals surface area contributed by atoms with E-state index in [9.17, 15) is 9.59 Å². The Balaban J connectivity index is 1.41. The summed E-state index contributed by atoms with van der Waals surface area (Å²) in [5, 5.41) is 7.42. The van der Waals surface area contributed by atoms with Crippen LogP contribution in [0.2, 0.25) is 0 Å². The molecule has 0 saturated heterocycles. The molecule has 1 aromatic heterocycles. The van der Waals surface area contributed by atoms with E-state index in [1.807, 2.05) is 84.9 Å². The fourth-order valence-corrected chi connectivity index (χ4v) is 4.21. The minimum Gasteiger partial charge on any atom is -0.480 e. The maximum atomic E-state index is 12.8. The monoisotopic (exact) mass is 503 g/mol. The number of amides is 2. The van der Waals surface area contributed by atoms with Crippen molar-refractivity contribution >= 4 is 34.1 Å². The summed E-state index contributed by atoms with van der Waals surface area (Å²) in [5.74, 6) is -0.243. The second-order valence-corrected chi connectivity index (χ2v) is 8.50. The molecule has 2 N–H and O–H groups in total. The van der Waals surface area contributed by atoms with E-state index in [1.54, 1.807) is 30.6 Å². The van der Waals surface area contributed by atoms with Gasteiger partial charge in [-0.15, -0.1) is 0 Å². The summed E-state index contributed by atoms with van der Waals surface area (Å²) in [4.78, 5) is 29.7. The van der Waals surface area contributed by atoms with Gasteiger partial charge in [0.15, 0.2) is 0 Å². The summed E-state index contributed by atoms with van der Waals surface area (Å²) >= 11 is 0. The first-order valence-electron chi connectivity index (χ1n) is 12.0. The number of ether oxygens (including phenoxy) is 2. The van der Waals surface area contributed by atoms with E-state index in [0.717, 1.165) is 21.9 Å². The Labute approximate surface area is 220 Å². The molecule has 0 aliphatic heterocycles.